The van der Waals surface area contributed by atoms with E-state index in [0.29, 0.717) is 0 Å². The average Bonchev–Trinajstić information content (AvgIpc) is 2.43. The van der Waals surface area contributed by atoms with Gasteiger partial charge in [-0.15, -0.1) is 0 Å². The Bertz CT molecular complexity index is 641. The quantitative estimate of drug-likeness (QED) is 0.799. The van der Waals surface area contributed by atoms with Gasteiger partial charge in [-0.25, -0.2) is 0 Å². The number of rotatable bonds is 3. The van der Waals surface area contributed by atoms with Crippen LogP contribution < -0.4 is 10.5 Å². The van der Waals surface area contributed by atoms with Crippen molar-refractivity contribution in [1.29, 1.82) is 0 Å². The van der Waals surface area contributed by atoms with Crippen molar-refractivity contribution in [3.63, 3.8) is 0 Å². The zero-order chi connectivity index (χ0) is 14.9. The molecule has 1 unspecified atom stereocenters. The van der Waals surface area contributed by atoms with Crippen molar-refractivity contribution in [2.24, 2.45) is 5.73 Å². The summed E-state index contributed by atoms with van der Waals surface area (Å²) >= 11 is 7.07. The predicted molar refractivity (Wildman–Crippen MR) is 90.3 cm³/mol. The molecule has 2 N–H and O–H groups in total. The van der Waals surface area contributed by atoms with E-state index in [2.05, 4.69) is 44.8 Å². The zero-order valence-electron chi connectivity index (χ0n) is 11.7. The summed E-state index contributed by atoms with van der Waals surface area (Å²) in [5.74, 6) is 0.818. The Morgan fingerprint density at radius 1 is 1.00 bits per heavy atom. The summed E-state index contributed by atoms with van der Waals surface area (Å²) < 4.78 is 7.60. The van der Waals surface area contributed by atoms with Gasteiger partial charge in [0.2, 0.25) is 0 Å². The van der Waals surface area contributed by atoms with Crippen LogP contribution in [0.3, 0.4) is 0 Å². The lowest BCUT2D eigenvalue weighted by Crippen LogP contribution is -2.13. The third kappa shape index (κ3) is 3.08. The Morgan fingerprint density at radius 2 is 1.65 bits per heavy atom. The van der Waals surface area contributed by atoms with E-state index in [1.807, 2.05) is 31.2 Å². The summed E-state index contributed by atoms with van der Waals surface area (Å²) in [5, 5.41) is 0. The van der Waals surface area contributed by atoms with Crippen LogP contribution in [0.25, 0.3) is 0 Å². The van der Waals surface area contributed by atoms with Crippen LogP contribution in [-0.4, -0.2) is 7.11 Å². The first-order valence-electron chi connectivity index (χ1n) is 6.29. The van der Waals surface area contributed by atoms with Crippen molar-refractivity contribution in [2.75, 3.05) is 7.11 Å². The van der Waals surface area contributed by atoms with Crippen LogP contribution in [0.1, 0.15) is 28.3 Å². The molecule has 0 saturated heterocycles. The third-order valence-electron chi connectivity index (χ3n) is 3.39. The second-order valence-electron chi connectivity index (χ2n) is 4.83. The molecule has 0 amide bonds. The van der Waals surface area contributed by atoms with E-state index >= 15 is 0 Å². The summed E-state index contributed by atoms with van der Waals surface area (Å²) in [6.45, 7) is 4.09. The second-order valence-corrected chi connectivity index (χ2v) is 6.54. The standard InChI is InChI=1S/C16H17Br2NO/c1-9-6-11(4-5-13(9)17)16(19)12-8-14(18)10(2)7-15(12)20-3/h4-8,16H,19H2,1-3H3. The van der Waals surface area contributed by atoms with Crippen LogP contribution in [0.15, 0.2) is 39.3 Å². The zero-order valence-corrected chi connectivity index (χ0v) is 14.9. The molecule has 2 rings (SSSR count). The fourth-order valence-electron chi connectivity index (χ4n) is 2.13. The molecule has 0 fully saturated rings. The van der Waals surface area contributed by atoms with E-state index in [4.69, 9.17) is 10.5 Å². The van der Waals surface area contributed by atoms with E-state index in [-0.39, 0.29) is 6.04 Å². The number of aryl methyl sites for hydroxylation is 2. The van der Waals surface area contributed by atoms with Gasteiger partial charge >= 0.3 is 0 Å². The molecule has 0 heterocycles. The minimum atomic E-state index is -0.214. The molecule has 0 aliphatic carbocycles. The Hall–Kier alpha value is -0.840. The molecule has 0 radical (unpaired) electrons. The van der Waals surface area contributed by atoms with Crippen LogP contribution in [0.4, 0.5) is 0 Å². The van der Waals surface area contributed by atoms with E-state index in [1.54, 1.807) is 7.11 Å². The fourth-order valence-corrected chi connectivity index (χ4v) is 2.74. The van der Waals surface area contributed by atoms with Crippen LogP contribution >= 0.6 is 31.9 Å². The lowest BCUT2D eigenvalue weighted by molar-refractivity contribution is 0.407. The van der Waals surface area contributed by atoms with Crippen LogP contribution in [0.2, 0.25) is 0 Å². The van der Waals surface area contributed by atoms with Crippen molar-refractivity contribution in [2.45, 2.75) is 19.9 Å². The molecular formula is C16H17Br2NO. The molecule has 4 heteroatoms. The Morgan fingerprint density at radius 3 is 2.25 bits per heavy atom. The highest BCUT2D eigenvalue weighted by molar-refractivity contribution is 9.10. The topological polar surface area (TPSA) is 35.2 Å². The molecule has 2 aromatic rings. The fraction of sp³-hybridized carbons (Fsp3) is 0.250. The number of halogens is 2. The minimum absolute atomic E-state index is 0.214. The van der Waals surface area contributed by atoms with Crippen LogP contribution in [0.5, 0.6) is 5.75 Å². The normalized spacial score (nSPS) is 12.3. The van der Waals surface area contributed by atoms with Gasteiger partial charge in [0.15, 0.2) is 0 Å². The summed E-state index contributed by atoms with van der Waals surface area (Å²) in [5.41, 5.74) is 10.8. The Kier molecular flexibility index (Phi) is 4.89. The molecule has 106 valence electrons. The number of hydrogen-bond donors (Lipinski definition) is 1. The molecule has 2 nitrogen and oxygen atoms in total. The molecule has 2 aromatic carbocycles. The molecule has 0 aromatic heterocycles. The number of methoxy groups -OCH3 is 1. The molecule has 0 aliphatic rings. The maximum atomic E-state index is 6.41. The maximum Gasteiger partial charge on any atom is 0.124 e. The van der Waals surface area contributed by atoms with Crippen molar-refractivity contribution in [3.05, 3.63) is 61.5 Å². The van der Waals surface area contributed by atoms with E-state index in [1.165, 1.54) is 5.56 Å². The van der Waals surface area contributed by atoms with Crippen molar-refractivity contribution < 1.29 is 4.74 Å². The molecule has 20 heavy (non-hydrogen) atoms. The SMILES string of the molecule is COc1cc(C)c(Br)cc1C(N)c1ccc(Br)c(C)c1. The second kappa shape index (κ2) is 6.29. The van der Waals surface area contributed by atoms with Crippen molar-refractivity contribution in [3.8, 4) is 5.75 Å². The number of ether oxygens (including phenoxy) is 1. The smallest absolute Gasteiger partial charge is 0.124 e. The highest BCUT2D eigenvalue weighted by atomic mass is 79.9. The predicted octanol–water partition coefficient (Wildman–Crippen LogP) is 4.89. The summed E-state index contributed by atoms with van der Waals surface area (Å²) in [7, 11) is 1.67. The van der Waals surface area contributed by atoms with Crippen LogP contribution in [0, 0.1) is 13.8 Å². The largest absolute Gasteiger partial charge is 0.496 e. The molecular weight excluding hydrogens is 382 g/mol. The van der Waals surface area contributed by atoms with Gasteiger partial charge in [0.1, 0.15) is 5.75 Å². The molecule has 1 atom stereocenters. The van der Waals surface area contributed by atoms with Gasteiger partial charge in [-0.05, 0) is 48.7 Å². The highest BCUT2D eigenvalue weighted by Crippen LogP contribution is 2.34. The molecule has 0 aliphatic heterocycles. The van der Waals surface area contributed by atoms with E-state index in [9.17, 15) is 0 Å². The van der Waals surface area contributed by atoms with Gasteiger partial charge in [0.05, 0.1) is 13.2 Å². The maximum absolute atomic E-state index is 6.41. The van der Waals surface area contributed by atoms with Gasteiger partial charge in [0, 0.05) is 14.5 Å². The monoisotopic (exact) mass is 397 g/mol. The average molecular weight is 399 g/mol. The molecule has 0 saturated carbocycles. The number of nitrogens with two attached hydrogens (primary N) is 1. The van der Waals surface area contributed by atoms with Gasteiger partial charge < -0.3 is 10.5 Å². The van der Waals surface area contributed by atoms with Gasteiger partial charge in [-0.2, -0.15) is 0 Å². The van der Waals surface area contributed by atoms with Gasteiger partial charge in [-0.3, -0.25) is 0 Å². The number of benzene rings is 2. The van der Waals surface area contributed by atoms with E-state index < -0.39 is 0 Å². The summed E-state index contributed by atoms with van der Waals surface area (Å²) in [4.78, 5) is 0. The number of hydrogen-bond acceptors (Lipinski definition) is 2. The Balaban J connectivity index is 2.49. The lowest BCUT2D eigenvalue weighted by Gasteiger charge is -2.18. The minimum Gasteiger partial charge on any atom is -0.496 e. The first kappa shape index (κ1) is 15.5. The van der Waals surface area contributed by atoms with Gasteiger partial charge in [-0.1, -0.05) is 44.0 Å². The van der Waals surface area contributed by atoms with Gasteiger partial charge in [0.25, 0.3) is 0 Å². The highest BCUT2D eigenvalue weighted by Gasteiger charge is 2.16. The summed E-state index contributed by atoms with van der Waals surface area (Å²) in [6, 6.07) is 9.99. The first-order valence-corrected chi connectivity index (χ1v) is 7.88. The molecule has 0 bridgehead atoms. The lowest BCUT2D eigenvalue weighted by atomic mass is 9.96. The Labute approximate surface area is 136 Å². The first-order chi connectivity index (χ1) is 9.43. The van der Waals surface area contributed by atoms with E-state index in [0.717, 1.165) is 31.4 Å². The van der Waals surface area contributed by atoms with Crippen molar-refractivity contribution in [1.82, 2.24) is 0 Å². The molecule has 0 spiro atoms. The van der Waals surface area contributed by atoms with Crippen molar-refractivity contribution >= 4 is 31.9 Å². The summed E-state index contributed by atoms with van der Waals surface area (Å²) in [6.07, 6.45) is 0. The third-order valence-corrected chi connectivity index (χ3v) is 5.13. The van der Waals surface area contributed by atoms with Crippen LogP contribution in [-0.2, 0) is 0 Å².